The van der Waals surface area contributed by atoms with Crippen LogP contribution in [0.1, 0.15) is 38.5 Å². The van der Waals surface area contributed by atoms with Crippen molar-refractivity contribution in [2.75, 3.05) is 0 Å². The van der Waals surface area contributed by atoms with Gasteiger partial charge in [0.1, 0.15) is 0 Å². The Hall–Kier alpha value is -1.38. The van der Waals surface area contributed by atoms with Gasteiger partial charge < -0.3 is 4.98 Å². The van der Waals surface area contributed by atoms with E-state index in [1.165, 1.54) is 0 Å². The van der Waals surface area contributed by atoms with Crippen molar-refractivity contribution in [3.8, 4) is 0 Å². The van der Waals surface area contributed by atoms with Gasteiger partial charge in [-0.15, -0.1) is 0 Å². The first-order chi connectivity index (χ1) is 7.41. The van der Waals surface area contributed by atoms with Crippen molar-refractivity contribution in [2.24, 2.45) is 0 Å². The molecule has 0 radical (unpaired) electrons. The largest absolute Gasteiger partial charge is 0.358 e. The van der Waals surface area contributed by atoms with E-state index < -0.39 is 6.43 Å². The Morgan fingerprint density at radius 1 is 1.12 bits per heavy atom. The summed E-state index contributed by atoms with van der Waals surface area (Å²) in [4.78, 5) is 3.11. The molecule has 0 unspecified atom stereocenters. The van der Waals surface area contributed by atoms with Crippen LogP contribution in [0.3, 0.4) is 0 Å². The number of hydrogen-bond acceptors (Lipinski definition) is 0. The molecule has 2 aromatic rings. The zero-order chi connectivity index (χ0) is 11.9. The van der Waals surface area contributed by atoms with E-state index in [4.69, 9.17) is 0 Å². The van der Waals surface area contributed by atoms with Crippen LogP contribution in [0.2, 0.25) is 0 Å². The molecule has 0 spiro atoms. The van der Waals surface area contributed by atoms with E-state index in [1.54, 1.807) is 12.1 Å². The predicted molar refractivity (Wildman–Crippen MR) is 62.0 cm³/mol. The Morgan fingerprint density at radius 3 is 2.31 bits per heavy atom. The van der Waals surface area contributed by atoms with Gasteiger partial charge in [0.15, 0.2) is 0 Å². The maximum Gasteiger partial charge on any atom is 0.266 e. The number of alkyl halides is 2. The normalized spacial score (nSPS) is 12.6. The smallest absolute Gasteiger partial charge is 0.266 e. The first kappa shape index (κ1) is 11.1. The molecule has 1 nitrogen and oxygen atoms in total. The van der Waals surface area contributed by atoms with E-state index in [9.17, 15) is 8.78 Å². The Bertz CT molecular complexity index is 506. The minimum Gasteiger partial charge on any atom is -0.358 e. The topological polar surface area (TPSA) is 15.8 Å². The molecule has 1 N–H and O–H groups in total. The van der Waals surface area contributed by atoms with Crippen molar-refractivity contribution < 1.29 is 8.78 Å². The van der Waals surface area contributed by atoms with Crippen molar-refractivity contribution in [2.45, 2.75) is 32.6 Å². The van der Waals surface area contributed by atoms with Crippen molar-refractivity contribution in [3.05, 3.63) is 35.5 Å². The highest BCUT2D eigenvalue weighted by Gasteiger charge is 2.26. The summed E-state index contributed by atoms with van der Waals surface area (Å²) in [5.41, 5.74) is 1.25. The number of hydrogen-bond donors (Lipinski definition) is 1. The van der Waals surface area contributed by atoms with Gasteiger partial charge in [-0.2, -0.15) is 0 Å². The van der Waals surface area contributed by atoms with Crippen molar-refractivity contribution in [3.63, 3.8) is 0 Å². The third-order valence-electron chi connectivity index (χ3n) is 2.71. The van der Waals surface area contributed by atoms with E-state index in [1.807, 2.05) is 32.9 Å². The van der Waals surface area contributed by atoms with E-state index >= 15 is 0 Å². The second-order valence-electron chi connectivity index (χ2n) is 5.01. The van der Waals surface area contributed by atoms with Crippen molar-refractivity contribution >= 4 is 10.9 Å². The number of nitrogens with one attached hydrogen (secondary N) is 1. The van der Waals surface area contributed by atoms with E-state index in [-0.39, 0.29) is 11.0 Å². The van der Waals surface area contributed by atoms with Gasteiger partial charge in [0, 0.05) is 27.6 Å². The summed E-state index contributed by atoms with van der Waals surface area (Å²) < 4.78 is 26.2. The summed E-state index contributed by atoms with van der Waals surface area (Å²) >= 11 is 0. The van der Waals surface area contributed by atoms with Crippen LogP contribution in [-0.2, 0) is 5.41 Å². The summed E-state index contributed by atoms with van der Waals surface area (Å²) in [6, 6.07) is 7.20. The number of rotatable bonds is 1. The molecule has 1 aromatic carbocycles. The minimum atomic E-state index is -2.44. The maximum atomic E-state index is 13.1. The third kappa shape index (κ3) is 1.70. The molecule has 0 atom stereocenters. The van der Waals surface area contributed by atoms with Gasteiger partial charge in [-0.3, -0.25) is 0 Å². The Balaban J connectivity index is 2.78. The molecule has 2 rings (SSSR count). The fraction of sp³-hybridized carbons (Fsp3) is 0.385. The Morgan fingerprint density at radius 2 is 1.75 bits per heavy atom. The number of aromatic nitrogens is 1. The summed E-state index contributed by atoms with van der Waals surface area (Å²) in [6.07, 6.45) is -2.44. The third-order valence-corrected chi connectivity index (χ3v) is 2.71. The number of aromatic amines is 1. The first-order valence-electron chi connectivity index (χ1n) is 5.30. The lowest BCUT2D eigenvalue weighted by Gasteiger charge is -2.19. The summed E-state index contributed by atoms with van der Waals surface area (Å²) in [6.45, 7) is 5.80. The zero-order valence-corrected chi connectivity index (χ0v) is 9.64. The highest BCUT2D eigenvalue weighted by atomic mass is 19.3. The van der Waals surface area contributed by atoms with Gasteiger partial charge in [0.25, 0.3) is 6.43 Å². The number of H-pyrrole nitrogens is 1. The van der Waals surface area contributed by atoms with Gasteiger partial charge >= 0.3 is 0 Å². The molecule has 0 amide bonds. The number of halogens is 2. The van der Waals surface area contributed by atoms with Gasteiger partial charge in [-0.05, 0) is 6.07 Å². The molecule has 0 fully saturated rings. The van der Waals surface area contributed by atoms with Gasteiger partial charge in [0.2, 0.25) is 0 Å². The lowest BCUT2D eigenvalue weighted by Crippen LogP contribution is -2.14. The fourth-order valence-corrected chi connectivity index (χ4v) is 1.98. The molecule has 16 heavy (non-hydrogen) atoms. The van der Waals surface area contributed by atoms with E-state index in [2.05, 4.69) is 4.98 Å². The lowest BCUT2D eigenvalue weighted by molar-refractivity contribution is 0.150. The first-order valence-corrected chi connectivity index (χ1v) is 5.30. The number of benzene rings is 1. The summed E-state index contributed by atoms with van der Waals surface area (Å²) in [5.74, 6) is 0. The molecule has 0 aliphatic rings. The molecule has 0 saturated heterocycles. The fourth-order valence-electron chi connectivity index (χ4n) is 1.98. The molecular formula is C13H15F2N. The van der Waals surface area contributed by atoms with Crippen LogP contribution in [0, 0.1) is 0 Å². The standard InChI is InChI=1S/C13H15F2N/c1-13(2,3)11-10(12(14)15)8-6-4-5-7-9(8)16-11/h4-7,12,16H,1-3H3. The molecule has 0 aliphatic carbocycles. The zero-order valence-electron chi connectivity index (χ0n) is 9.64. The monoisotopic (exact) mass is 223 g/mol. The van der Waals surface area contributed by atoms with Gasteiger partial charge in [0.05, 0.1) is 0 Å². The van der Waals surface area contributed by atoms with Crippen LogP contribution in [0.5, 0.6) is 0 Å². The SMILES string of the molecule is CC(C)(C)c1[nH]c2ccccc2c1C(F)F. The second-order valence-corrected chi connectivity index (χ2v) is 5.01. The molecule has 3 heteroatoms. The Labute approximate surface area is 93.5 Å². The predicted octanol–water partition coefficient (Wildman–Crippen LogP) is 4.40. The van der Waals surface area contributed by atoms with Crippen LogP contribution in [-0.4, -0.2) is 4.98 Å². The molecule has 1 heterocycles. The van der Waals surface area contributed by atoms with Gasteiger partial charge in [-0.25, -0.2) is 8.78 Å². The van der Waals surface area contributed by atoms with E-state index in [0.717, 1.165) is 5.52 Å². The maximum absolute atomic E-state index is 13.1. The average Bonchev–Trinajstić information content (AvgIpc) is 2.55. The highest BCUT2D eigenvalue weighted by Crippen LogP contribution is 2.37. The van der Waals surface area contributed by atoms with Crippen LogP contribution >= 0.6 is 0 Å². The quantitative estimate of drug-likeness (QED) is 0.737. The molecule has 1 aromatic heterocycles. The van der Waals surface area contributed by atoms with Crippen molar-refractivity contribution in [1.29, 1.82) is 0 Å². The van der Waals surface area contributed by atoms with Crippen LogP contribution < -0.4 is 0 Å². The number of fused-ring (bicyclic) bond motifs is 1. The minimum absolute atomic E-state index is 0.142. The van der Waals surface area contributed by atoms with Crippen LogP contribution in [0.15, 0.2) is 24.3 Å². The lowest BCUT2D eigenvalue weighted by atomic mass is 9.89. The molecule has 86 valence electrons. The molecule has 0 bridgehead atoms. The van der Waals surface area contributed by atoms with Crippen molar-refractivity contribution in [1.82, 2.24) is 4.98 Å². The highest BCUT2D eigenvalue weighted by molar-refractivity contribution is 5.85. The van der Waals surface area contributed by atoms with Gasteiger partial charge in [-0.1, -0.05) is 39.0 Å². The Kier molecular flexibility index (Phi) is 2.49. The molecule has 0 saturated carbocycles. The molecular weight excluding hydrogens is 208 g/mol. The summed E-state index contributed by atoms with van der Waals surface area (Å²) in [5, 5.41) is 0.627. The second kappa shape index (κ2) is 3.58. The van der Waals surface area contributed by atoms with Crippen LogP contribution in [0.25, 0.3) is 10.9 Å². The molecule has 0 aliphatic heterocycles. The van der Waals surface area contributed by atoms with Crippen LogP contribution in [0.4, 0.5) is 8.78 Å². The summed E-state index contributed by atoms with van der Waals surface area (Å²) in [7, 11) is 0. The number of para-hydroxylation sites is 1. The average molecular weight is 223 g/mol. The van der Waals surface area contributed by atoms with E-state index in [0.29, 0.717) is 11.1 Å².